The number of hydrogen-bond acceptors (Lipinski definition) is 2. The summed E-state index contributed by atoms with van der Waals surface area (Å²) in [5.41, 5.74) is 1.14. The second kappa shape index (κ2) is 4.66. The third kappa shape index (κ3) is 2.31. The van der Waals surface area contributed by atoms with E-state index < -0.39 is 6.80 Å². The van der Waals surface area contributed by atoms with Gasteiger partial charge in [0.15, 0.2) is 6.80 Å². The molecular weight excluding hydrogens is 213 g/mol. The van der Waals surface area contributed by atoms with Crippen LogP contribution in [0.15, 0.2) is 30.3 Å². The first-order chi connectivity index (χ1) is 7.31. The number of amides is 1. The third-order valence-electron chi connectivity index (χ3n) is 2.46. The number of hydrogen-bond donors (Lipinski definition) is 0. The van der Waals surface area contributed by atoms with Crippen molar-refractivity contribution in [2.75, 3.05) is 12.6 Å². The Morgan fingerprint density at radius 2 is 2.13 bits per heavy atom. The summed E-state index contributed by atoms with van der Waals surface area (Å²) in [7, 11) is 0. The maximum Gasteiger partial charge on any atom is 0.239 e. The zero-order valence-electron chi connectivity index (χ0n) is 8.23. The van der Waals surface area contributed by atoms with Crippen LogP contribution >= 0.6 is 11.9 Å². The summed E-state index contributed by atoms with van der Waals surface area (Å²) >= 11 is 1.29. The van der Waals surface area contributed by atoms with E-state index in [1.54, 1.807) is 0 Å². The van der Waals surface area contributed by atoms with Crippen LogP contribution in [0, 0.1) is 5.92 Å². The highest BCUT2D eigenvalue weighted by molar-refractivity contribution is 7.98. The van der Waals surface area contributed by atoms with E-state index in [9.17, 15) is 9.18 Å². The fourth-order valence-corrected chi connectivity index (χ4v) is 2.62. The number of carbonyl (C=O) groups is 1. The van der Waals surface area contributed by atoms with Crippen molar-refractivity contribution in [3.05, 3.63) is 35.9 Å². The summed E-state index contributed by atoms with van der Waals surface area (Å²) in [6.07, 6.45) is 0.711. The molecule has 0 saturated carbocycles. The standard InChI is InChI=1S/C11H12FNOS/c12-8-13-11(14)10(7-15-13)6-9-4-2-1-3-5-9/h1-5,10H,6-8H2. The van der Waals surface area contributed by atoms with E-state index in [-0.39, 0.29) is 11.8 Å². The van der Waals surface area contributed by atoms with Crippen molar-refractivity contribution in [2.45, 2.75) is 6.42 Å². The Kier molecular flexibility index (Phi) is 3.26. The van der Waals surface area contributed by atoms with Crippen molar-refractivity contribution in [2.24, 2.45) is 5.92 Å². The largest absolute Gasteiger partial charge is 0.274 e. The van der Waals surface area contributed by atoms with Gasteiger partial charge < -0.3 is 0 Å². The lowest BCUT2D eigenvalue weighted by atomic mass is 10.0. The van der Waals surface area contributed by atoms with E-state index in [0.717, 1.165) is 5.56 Å². The minimum absolute atomic E-state index is 0.0619. The second-order valence-corrected chi connectivity index (χ2v) is 4.55. The van der Waals surface area contributed by atoms with E-state index in [0.29, 0.717) is 12.2 Å². The average Bonchev–Trinajstić information content (AvgIpc) is 2.62. The van der Waals surface area contributed by atoms with Crippen molar-refractivity contribution in [3.8, 4) is 0 Å². The van der Waals surface area contributed by atoms with Crippen LogP contribution in [0.1, 0.15) is 5.56 Å². The molecule has 1 heterocycles. The van der Waals surface area contributed by atoms with Crippen molar-refractivity contribution in [1.29, 1.82) is 0 Å². The van der Waals surface area contributed by atoms with E-state index in [1.807, 2.05) is 30.3 Å². The summed E-state index contributed by atoms with van der Waals surface area (Å²) in [4.78, 5) is 11.6. The summed E-state index contributed by atoms with van der Waals surface area (Å²) < 4.78 is 13.5. The molecule has 0 aromatic heterocycles. The molecule has 1 aromatic carbocycles. The maximum absolute atomic E-state index is 12.3. The number of carbonyl (C=O) groups excluding carboxylic acids is 1. The molecule has 15 heavy (non-hydrogen) atoms. The predicted molar refractivity (Wildman–Crippen MR) is 58.9 cm³/mol. The Balaban J connectivity index is 2.00. The minimum atomic E-state index is -0.686. The molecule has 80 valence electrons. The first-order valence-electron chi connectivity index (χ1n) is 4.85. The molecule has 2 nitrogen and oxygen atoms in total. The molecule has 1 aliphatic heterocycles. The molecule has 0 spiro atoms. The summed E-state index contributed by atoms with van der Waals surface area (Å²) in [6, 6.07) is 9.85. The van der Waals surface area contributed by atoms with Gasteiger partial charge in [0.05, 0.1) is 5.92 Å². The normalized spacial score (nSPS) is 21.0. The molecule has 1 unspecified atom stereocenters. The monoisotopic (exact) mass is 225 g/mol. The summed E-state index contributed by atoms with van der Waals surface area (Å²) in [6.45, 7) is -0.686. The molecule has 0 N–H and O–H groups in total. The average molecular weight is 225 g/mol. The molecule has 1 fully saturated rings. The van der Waals surface area contributed by atoms with Crippen LogP contribution in [-0.4, -0.2) is 22.8 Å². The Bertz CT molecular complexity index is 344. The Morgan fingerprint density at radius 1 is 1.40 bits per heavy atom. The van der Waals surface area contributed by atoms with Gasteiger partial charge in [0.1, 0.15) is 0 Å². The molecule has 0 bridgehead atoms. The van der Waals surface area contributed by atoms with E-state index in [2.05, 4.69) is 0 Å². The quantitative estimate of drug-likeness (QED) is 0.581. The Hall–Kier alpha value is -1.03. The Morgan fingerprint density at radius 3 is 2.73 bits per heavy atom. The Labute approximate surface area is 92.6 Å². The molecule has 1 aliphatic rings. The highest BCUT2D eigenvalue weighted by Crippen LogP contribution is 2.28. The van der Waals surface area contributed by atoms with Crippen LogP contribution in [0.3, 0.4) is 0 Å². The lowest BCUT2D eigenvalue weighted by Gasteiger charge is -2.09. The van der Waals surface area contributed by atoms with Crippen molar-refractivity contribution in [3.63, 3.8) is 0 Å². The van der Waals surface area contributed by atoms with Crippen LogP contribution in [0.4, 0.5) is 4.39 Å². The van der Waals surface area contributed by atoms with Crippen molar-refractivity contribution >= 4 is 17.9 Å². The molecule has 1 atom stereocenters. The van der Waals surface area contributed by atoms with Gasteiger partial charge in [0, 0.05) is 5.75 Å². The molecule has 0 aliphatic carbocycles. The highest BCUT2D eigenvalue weighted by atomic mass is 32.2. The molecule has 4 heteroatoms. The van der Waals surface area contributed by atoms with Gasteiger partial charge >= 0.3 is 0 Å². The summed E-state index contributed by atoms with van der Waals surface area (Å²) in [5, 5.41) is 0. The first-order valence-corrected chi connectivity index (χ1v) is 5.79. The highest BCUT2D eigenvalue weighted by Gasteiger charge is 2.32. The van der Waals surface area contributed by atoms with Crippen LogP contribution in [0.2, 0.25) is 0 Å². The fourth-order valence-electron chi connectivity index (χ4n) is 1.66. The molecule has 1 aromatic rings. The minimum Gasteiger partial charge on any atom is -0.274 e. The van der Waals surface area contributed by atoms with E-state index in [4.69, 9.17) is 0 Å². The zero-order chi connectivity index (χ0) is 10.7. The number of benzene rings is 1. The van der Waals surface area contributed by atoms with Crippen LogP contribution in [0.25, 0.3) is 0 Å². The molecular formula is C11H12FNOS. The van der Waals surface area contributed by atoms with Gasteiger partial charge in [0.25, 0.3) is 0 Å². The number of rotatable bonds is 3. The lowest BCUT2D eigenvalue weighted by Crippen LogP contribution is -2.24. The second-order valence-electron chi connectivity index (χ2n) is 3.52. The van der Waals surface area contributed by atoms with Crippen molar-refractivity contribution < 1.29 is 9.18 Å². The number of halogens is 1. The topological polar surface area (TPSA) is 20.3 Å². The lowest BCUT2D eigenvalue weighted by molar-refractivity contribution is -0.129. The van der Waals surface area contributed by atoms with E-state index >= 15 is 0 Å². The van der Waals surface area contributed by atoms with Crippen LogP contribution in [0.5, 0.6) is 0 Å². The zero-order valence-corrected chi connectivity index (χ0v) is 9.04. The molecule has 1 amide bonds. The van der Waals surface area contributed by atoms with E-state index in [1.165, 1.54) is 16.3 Å². The predicted octanol–water partition coefficient (Wildman–Crippen LogP) is 2.26. The summed E-state index contributed by atoms with van der Waals surface area (Å²) in [5.74, 6) is 0.553. The van der Waals surface area contributed by atoms with Gasteiger partial charge in [-0.2, -0.15) is 0 Å². The first kappa shape index (κ1) is 10.5. The smallest absolute Gasteiger partial charge is 0.239 e. The fraction of sp³-hybridized carbons (Fsp3) is 0.364. The molecule has 0 radical (unpaired) electrons. The third-order valence-corrected chi connectivity index (χ3v) is 3.60. The van der Waals surface area contributed by atoms with Gasteiger partial charge in [-0.15, -0.1) is 0 Å². The number of nitrogens with zero attached hydrogens (tertiary/aromatic N) is 1. The SMILES string of the molecule is O=C1C(Cc2ccccc2)CSN1CF. The van der Waals surface area contributed by atoms with Gasteiger partial charge in [-0.25, -0.2) is 4.39 Å². The van der Waals surface area contributed by atoms with Gasteiger partial charge in [-0.3, -0.25) is 9.10 Å². The van der Waals surface area contributed by atoms with Gasteiger partial charge in [-0.05, 0) is 23.9 Å². The van der Waals surface area contributed by atoms with Crippen molar-refractivity contribution in [1.82, 2.24) is 4.31 Å². The number of alkyl halides is 1. The molecule has 2 rings (SSSR count). The maximum atomic E-state index is 12.3. The van der Waals surface area contributed by atoms with Gasteiger partial charge in [-0.1, -0.05) is 30.3 Å². The molecule has 1 saturated heterocycles. The van der Waals surface area contributed by atoms with Gasteiger partial charge in [0.2, 0.25) is 5.91 Å². The van der Waals surface area contributed by atoms with Crippen LogP contribution in [-0.2, 0) is 11.2 Å². The van der Waals surface area contributed by atoms with Crippen LogP contribution < -0.4 is 0 Å².